The Bertz CT molecular complexity index is 508. The third kappa shape index (κ3) is 26.7. The number of hydrogen-bond acceptors (Lipinski definition) is 3. The highest BCUT2D eigenvalue weighted by atomic mass is 16.3. The molecule has 2 atom stereocenters. The van der Waals surface area contributed by atoms with Gasteiger partial charge in [0.1, 0.15) is 0 Å². The maximum absolute atomic E-state index is 12.2. The van der Waals surface area contributed by atoms with Crippen LogP contribution in [0.4, 0.5) is 0 Å². The number of nitrogens with one attached hydrogen (secondary N) is 1. The smallest absolute Gasteiger partial charge is 0.220 e. The molecule has 0 aliphatic heterocycles. The summed E-state index contributed by atoms with van der Waals surface area (Å²) in [6.07, 6.45) is 35.7. The van der Waals surface area contributed by atoms with Crippen molar-refractivity contribution >= 4 is 5.91 Å². The van der Waals surface area contributed by atoms with Crippen LogP contribution in [-0.2, 0) is 4.79 Å². The molecule has 0 saturated heterocycles. The first-order chi connectivity index (χ1) is 18.7. The van der Waals surface area contributed by atoms with Crippen molar-refractivity contribution in [3.05, 3.63) is 12.2 Å². The van der Waals surface area contributed by atoms with Crippen LogP contribution in [0.5, 0.6) is 0 Å². The molecule has 38 heavy (non-hydrogen) atoms. The fourth-order valence-corrected chi connectivity index (χ4v) is 5.12. The lowest BCUT2D eigenvalue weighted by Crippen LogP contribution is -2.45. The van der Waals surface area contributed by atoms with E-state index in [1.165, 1.54) is 135 Å². The normalized spacial score (nSPS) is 13.3. The van der Waals surface area contributed by atoms with Crippen molar-refractivity contribution in [1.82, 2.24) is 5.32 Å². The Morgan fingerprint density at radius 2 is 0.974 bits per heavy atom. The highest BCUT2D eigenvalue weighted by Crippen LogP contribution is 2.14. The van der Waals surface area contributed by atoms with Crippen molar-refractivity contribution < 1.29 is 15.0 Å². The average Bonchev–Trinajstić information content (AvgIpc) is 2.92. The lowest BCUT2D eigenvalue weighted by atomic mass is 10.0. The van der Waals surface area contributed by atoms with Gasteiger partial charge < -0.3 is 15.5 Å². The molecular formula is C34H67NO3. The van der Waals surface area contributed by atoms with Crippen LogP contribution in [0.25, 0.3) is 0 Å². The number of carbonyl (C=O) groups is 1. The van der Waals surface area contributed by atoms with Crippen molar-refractivity contribution in [2.24, 2.45) is 0 Å². The number of rotatable bonds is 30. The molecule has 0 bridgehead atoms. The Kier molecular flexibility index (Phi) is 30.0. The SMILES string of the molecule is CCCCCCCCCCCCCC=CC(O)C(CO)NC(=O)CCCCCCCCCCCCCCC. The molecule has 0 radical (unpaired) electrons. The second-order valence-corrected chi connectivity index (χ2v) is 11.6. The van der Waals surface area contributed by atoms with E-state index in [1.54, 1.807) is 6.08 Å². The molecule has 0 saturated carbocycles. The molecule has 0 aliphatic rings. The van der Waals surface area contributed by atoms with Gasteiger partial charge in [0, 0.05) is 6.42 Å². The predicted molar refractivity (Wildman–Crippen MR) is 166 cm³/mol. The van der Waals surface area contributed by atoms with Gasteiger partial charge in [-0.25, -0.2) is 0 Å². The second-order valence-electron chi connectivity index (χ2n) is 11.6. The van der Waals surface area contributed by atoms with E-state index in [0.29, 0.717) is 6.42 Å². The summed E-state index contributed by atoms with van der Waals surface area (Å²) in [4.78, 5) is 12.2. The zero-order valence-corrected chi connectivity index (χ0v) is 25.7. The number of aliphatic hydroxyl groups excluding tert-OH is 2. The second kappa shape index (κ2) is 30.7. The van der Waals surface area contributed by atoms with Crippen LogP contribution in [0, 0.1) is 0 Å². The van der Waals surface area contributed by atoms with Gasteiger partial charge in [-0.15, -0.1) is 0 Å². The van der Waals surface area contributed by atoms with E-state index in [1.807, 2.05) is 6.08 Å². The van der Waals surface area contributed by atoms with E-state index in [-0.39, 0.29) is 12.5 Å². The van der Waals surface area contributed by atoms with Crippen molar-refractivity contribution in [1.29, 1.82) is 0 Å². The first-order valence-electron chi connectivity index (χ1n) is 16.9. The molecule has 4 nitrogen and oxygen atoms in total. The summed E-state index contributed by atoms with van der Waals surface area (Å²) in [7, 11) is 0. The molecule has 0 fully saturated rings. The standard InChI is InChI=1S/C34H67NO3/c1-3-5-7-9-11-13-15-17-19-21-23-25-27-29-33(37)32(31-36)35-34(38)30-28-26-24-22-20-18-16-14-12-10-8-6-4-2/h27,29,32-33,36-37H,3-26,28,30-31H2,1-2H3,(H,35,38). The maximum atomic E-state index is 12.2. The Balaban J connectivity index is 3.63. The minimum atomic E-state index is -0.830. The molecule has 1 amide bonds. The van der Waals surface area contributed by atoms with Crippen LogP contribution in [0.2, 0.25) is 0 Å². The van der Waals surface area contributed by atoms with Gasteiger partial charge in [0.25, 0.3) is 0 Å². The monoisotopic (exact) mass is 538 g/mol. The minimum Gasteiger partial charge on any atom is -0.394 e. The van der Waals surface area contributed by atoms with E-state index in [9.17, 15) is 15.0 Å². The van der Waals surface area contributed by atoms with Crippen molar-refractivity contribution in [3.8, 4) is 0 Å². The fourth-order valence-electron chi connectivity index (χ4n) is 5.12. The lowest BCUT2D eigenvalue weighted by Gasteiger charge is -2.20. The van der Waals surface area contributed by atoms with Gasteiger partial charge in [0.05, 0.1) is 18.8 Å². The first kappa shape index (κ1) is 37.1. The van der Waals surface area contributed by atoms with Crippen LogP contribution in [0.1, 0.15) is 181 Å². The van der Waals surface area contributed by atoms with E-state index < -0.39 is 12.1 Å². The van der Waals surface area contributed by atoms with Gasteiger partial charge in [-0.05, 0) is 19.3 Å². The molecular weight excluding hydrogens is 470 g/mol. The minimum absolute atomic E-state index is 0.0649. The Hall–Kier alpha value is -0.870. The van der Waals surface area contributed by atoms with Gasteiger partial charge in [0.2, 0.25) is 5.91 Å². The van der Waals surface area contributed by atoms with Crippen LogP contribution in [0.3, 0.4) is 0 Å². The number of aliphatic hydroxyl groups is 2. The molecule has 0 aromatic rings. The van der Waals surface area contributed by atoms with Crippen molar-refractivity contribution in [2.45, 2.75) is 193 Å². The fraction of sp³-hybridized carbons (Fsp3) is 0.912. The first-order valence-corrected chi connectivity index (χ1v) is 16.9. The zero-order valence-electron chi connectivity index (χ0n) is 25.7. The molecule has 0 heterocycles. The third-order valence-electron chi connectivity index (χ3n) is 7.77. The maximum Gasteiger partial charge on any atom is 0.220 e. The zero-order chi connectivity index (χ0) is 27.9. The number of carbonyl (C=O) groups excluding carboxylic acids is 1. The quantitative estimate of drug-likeness (QED) is 0.0631. The van der Waals surface area contributed by atoms with Crippen LogP contribution >= 0.6 is 0 Å². The van der Waals surface area contributed by atoms with Crippen LogP contribution in [-0.4, -0.2) is 34.9 Å². The van der Waals surface area contributed by atoms with Crippen LogP contribution in [0.15, 0.2) is 12.2 Å². The largest absolute Gasteiger partial charge is 0.394 e. The molecule has 2 unspecified atom stereocenters. The Morgan fingerprint density at radius 1 is 0.605 bits per heavy atom. The highest BCUT2D eigenvalue weighted by Gasteiger charge is 2.17. The van der Waals surface area contributed by atoms with E-state index in [0.717, 1.165) is 25.7 Å². The predicted octanol–water partition coefficient (Wildman–Crippen LogP) is 9.56. The summed E-state index contributed by atoms with van der Waals surface area (Å²) < 4.78 is 0. The Labute approximate surface area is 237 Å². The van der Waals surface area contributed by atoms with Gasteiger partial charge in [-0.2, -0.15) is 0 Å². The summed E-state index contributed by atoms with van der Waals surface area (Å²) in [5.41, 5.74) is 0. The molecule has 0 rings (SSSR count). The summed E-state index contributed by atoms with van der Waals surface area (Å²) >= 11 is 0. The number of allylic oxidation sites excluding steroid dienone is 1. The summed E-state index contributed by atoms with van der Waals surface area (Å²) in [6.45, 7) is 4.29. The summed E-state index contributed by atoms with van der Waals surface area (Å²) in [5, 5.41) is 22.8. The third-order valence-corrected chi connectivity index (χ3v) is 7.77. The van der Waals surface area contributed by atoms with Gasteiger partial charge in [-0.3, -0.25) is 4.79 Å². The molecule has 3 N–H and O–H groups in total. The number of unbranched alkanes of at least 4 members (excludes halogenated alkanes) is 23. The van der Waals surface area contributed by atoms with Crippen molar-refractivity contribution in [3.63, 3.8) is 0 Å². The average molecular weight is 538 g/mol. The summed E-state index contributed by atoms with van der Waals surface area (Å²) in [6, 6.07) is -0.613. The van der Waals surface area contributed by atoms with E-state index in [2.05, 4.69) is 19.2 Å². The lowest BCUT2D eigenvalue weighted by molar-refractivity contribution is -0.123. The Morgan fingerprint density at radius 3 is 1.37 bits per heavy atom. The van der Waals surface area contributed by atoms with Gasteiger partial charge in [-0.1, -0.05) is 167 Å². The van der Waals surface area contributed by atoms with Gasteiger partial charge >= 0.3 is 0 Å². The molecule has 0 aromatic carbocycles. The molecule has 226 valence electrons. The molecule has 4 heteroatoms. The van der Waals surface area contributed by atoms with E-state index in [4.69, 9.17) is 0 Å². The van der Waals surface area contributed by atoms with E-state index >= 15 is 0 Å². The highest BCUT2D eigenvalue weighted by molar-refractivity contribution is 5.76. The molecule has 0 aliphatic carbocycles. The molecule has 0 aromatic heterocycles. The van der Waals surface area contributed by atoms with Crippen molar-refractivity contribution in [2.75, 3.05) is 6.61 Å². The summed E-state index contributed by atoms with van der Waals surface area (Å²) in [5.74, 6) is -0.0649. The van der Waals surface area contributed by atoms with Crippen LogP contribution < -0.4 is 5.32 Å². The molecule has 0 spiro atoms. The number of amides is 1. The number of hydrogen-bond donors (Lipinski definition) is 3. The van der Waals surface area contributed by atoms with Gasteiger partial charge in [0.15, 0.2) is 0 Å². The topological polar surface area (TPSA) is 69.6 Å².